The Morgan fingerprint density at radius 3 is 2.52 bits per heavy atom. The Kier molecular flexibility index (Phi) is 5.65. The minimum absolute atomic E-state index is 0. The van der Waals surface area contributed by atoms with Crippen molar-refractivity contribution in [3.05, 3.63) is 41.5 Å². The first kappa shape index (κ1) is 17.8. The zero-order valence-corrected chi connectivity index (χ0v) is 14.7. The van der Waals surface area contributed by atoms with Gasteiger partial charge in [0.05, 0.1) is 12.5 Å². The third-order valence-corrected chi connectivity index (χ3v) is 4.71. The van der Waals surface area contributed by atoms with Crippen LogP contribution >= 0.6 is 12.4 Å². The third-order valence-electron chi connectivity index (χ3n) is 4.71. The lowest BCUT2D eigenvalue weighted by atomic mass is 9.64. The van der Waals surface area contributed by atoms with Crippen molar-refractivity contribution >= 4 is 12.4 Å². The van der Waals surface area contributed by atoms with Crippen LogP contribution in [-0.2, 0) is 11.8 Å². The normalized spacial score (nSPS) is 17.0. The maximum atomic E-state index is 5.61. The molecule has 1 heterocycles. The molecule has 1 N–H and O–H groups in total. The maximum absolute atomic E-state index is 5.61. The molecule has 6 heteroatoms. The number of nitrogens with one attached hydrogen (secondary N) is 1. The molecule has 0 radical (unpaired) electrons. The first-order valence-electron chi connectivity index (χ1n) is 7.83. The Morgan fingerprint density at radius 1 is 1.30 bits per heavy atom. The molecule has 23 heavy (non-hydrogen) atoms. The number of aromatic nitrogens is 2. The van der Waals surface area contributed by atoms with E-state index >= 15 is 0 Å². The summed E-state index contributed by atoms with van der Waals surface area (Å²) in [7, 11) is 3.62. The summed E-state index contributed by atoms with van der Waals surface area (Å²) in [5, 5.41) is 7.36. The van der Waals surface area contributed by atoms with Crippen LogP contribution in [0.5, 0.6) is 5.75 Å². The third kappa shape index (κ3) is 3.35. The smallest absolute Gasteiger partial charge is 0.237 e. The van der Waals surface area contributed by atoms with Crippen LogP contribution in [0.25, 0.3) is 0 Å². The highest BCUT2D eigenvalue weighted by molar-refractivity contribution is 5.85. The Bertz CT molecular complexity index is 623. The predicted octanol–water partition coefficient (Wildman–Crippen LogP) is 3.12. The molecule has 1 unspecified atom stereocenters. The summed E-state index contributed by atoms with van der Waals surface area (Å²) in [5.74, 6) is 2.39. The van der Waals surface area contributed by atoms with Gasteiger partial charge in [-0.2, -0.15) is 4.98 Å². The molecule has 3 rings (SSSR count). The number of benzene rings is 1. The lowest BCUT2D eigenvalue weighted by Gasteiger charge is -2.38. The van der Waals surface area contributed by atoms with Gasteiger partial charge in [0.1, 0.15) is 5.75 Å². The second-order valence-corrected chi connectivity index (χ2v) is 6.07. The van der Waals surface area contributed by atoms with E-state index in [9.17, 15) is 0 Å². The molecule has 1 aliphatic rings. The number of ether oxygens (including phenoxy) is 1. The molecule has 1 atom stereocenters. The molecule has 1 aliphatic carbocycles. The zero-order valence-electron chi connectivity index (χ0n) is 13.8. The average molecular weight is 338 g/mol. The zero-order chi connectivity index (χ0) is 15.6. The lowest BCUT2D eigenvalue weighted by molar-refractivity contribution is 0.216. The molecule has 0 bridgehead atoms. The Morgan fingerprint density at radius 2 is 2.00 bits per heavy atom. The molecular weight excluding hydrogens is 314 g/mol. The van der Waals surface area contributed by atoms with E-state index in [-0.39, 0.29) is 17.8 Å². The van der Waals surface area contributed by atoms with E-state index in [4.69, 9.17) is 9.26 Å². The Balaban J connectivity index is 0.00000192. The Hall–Kier alpha value is -1.59. The molecule has 1 aromatic carbocycles. The van der Waals surface area contributed by atoms with E-state index < -0.39 is 0 Å². The van der Waals surface area contributed by atoms with Gasteiger partial charge in [-0.05, 0) is 44.5 Å². The van der Waals surface area contributed by atoms with Crippen molar-refractivity contribution in [1.29, 1.82) is 0 Å². The van der Waals surface area contributed by atoms with Gasteiger partial charge in [0.25, 0.3) is 0 Å². The van der Waals surface area contributed by atoms with Crippen molar-refractivity contribution in [3.63, 3.8) is 0 Å². The molecule has 126 valence electrons. The topological polar surface area (TPSA) is 60.2 Å². The van der Waals surface area contributed by atoms with Gasteiger partial charge < -0.3 is 14.6 Å². The van der Waals surface area contributed by atoms with Gasteiger partial charge in [-0.15, -0.1) is 12.4 Å². The van der Waals surface area contributed by atoms with Crippen LogP contribution in [0.3, 0.4) is 0 Å². The molecule has 1 fully saturated rings. The second kappa shape index (κ2) is 7.32. The molecule has 0 spiro atoms. The fourth-order valence-electron chi connectivity index (χ4n) is 2.97. The Labute approximate surface area is 143 Å². The molecular formula is C17H24ClN3O2. The van der Waals surface area contributed by atoms with Crippen LogP contribution in [-0.4, -0.2) is 30.3 Å². The van der Waals surface area contributed by atoms with Crippen molar-refractivity contribution in [2.45, 2.75) is 44.1 Å². The number of methoxy groups -OCH3 is 1. The largest absolute Gasteiger partial charge is 0.497 e. The van der Waals surface area contributed by atoms with Gasteiger partial charge >= 0.3 is 0 Å². The lowest BCUT2D eigenvalue weighted by Crippen LogP contribution is -2.35. The van der Waals surface area contributed by atoms with Gasteiger partial charge in [-0.25, -0.2) is 0 Å². The summed E-state index contributed by atoms with van der Waals surface area (Å²) < 4.78 is 10.8. The fraction of sp³-hybridized carbons (Fsp3) is 0.529. The van der Waals surface area contributed by atoms with Gasteiger partial charge in [0.2, 0.25) is 5.89 Å². The predicted molar refractivity (Wildman–Crippen MR) is 91.4 cm³/mol. The summed E-state index contributed by atoms with van der Waals surface area (Å²) in [6.45, 7) is 2.11. The molecule has 0 saturated heterocycles. The summed E-state index contributed by atoms with van der Waals surface area (Å²) >= 11 is 0. The number of likely N-dealkylation sites (N-methyl/N-ethyl adjacent to an activating group) is 1. The highest BCUT2D eigenvalue weighted by atomic mass is 35.5. The van der Waals surface area contributed by atoms with Crippen molar-refractivity contribution in [3.8, 4) is 5.75 Å². The quantitative estimate of drug-likeness (QED) is 0.877. The van der Waals surface area contributed by atoms with E-state index in [0.29, 0.717) is 6.04 Å². The van der Waals surface area contributed by atoms with Crippen LogP contribution < -0.4 is 10.1 Å². The van der Waals surface area contributed by atoms with Gasteiger partial charge in [-0.3, -0.25) is 0 Å². The maximum Gasteiger partial charge on any atom is 0.237 e. The summed E-state index contributed by atoms with van der Waals surface area (Å²) in [4.78, 5) is 4.66. The van der Waals surface area contributed by atoms with E-state index in [1.165, 1.54) is 12.0 Å². The number of halogens is 1. The highest BCUT2D eigenvalue weighted by Gasteiger charge is 2.45. The van der Waals surface area contributed by atoms with Crippen LogP contribution in [0.4, 0.5) is 0 Å². The monoisotopic (exact) mass is 337 g/mol. The number of hydrogen-bond acceptors (Lipinski definition) is 5. The molecule has 2 aromatic rings. The number of hydrogen-bond donors (Lipinski definition) is 1. The molecule has 1 saturated carbocycles. The van der Waals surface area contributed by atoms with Crippen LogP contribution in [0.2, 0.25) is 0 Å². The van der Waals surface area contributed by atoms with Crippen LogP contribution in [0, 0.1) is 0 Å². The summed E-state index contributed by atoms with van der Waals surface area (Å²) in [6.07, 6.45) is 4.08. The van der Waals surface area contributed by atoms with Crippen LogP contribution in [0.15, 0.2) is 28.8 Å². The van der Waals surface area contributed by atoms with E-state index in [1.54, 1.807) is 7.11 Å². The van der Waals surface area contributed by atoms with Crippen molar-refractivity contribution < 1.29 is 9.26 Å². The SMILES string of the molecule is CNC(C)Cc1noc(C2(c3ccc(OC)cc3)CCC2)n1.Cl. The molecule has 0 aliphatic heterocycles. The number of rotatable bonds is 6. The van der Waals surface area contributed by atoms with Crippen molar-refractivity contribution in [2.24, 2.45) is 0 Å². The van der Waals surface area contributed by atoms with Crippen molar-refractivity contribution in [2.75, 3.05) is 14.2 Å². The first-order chi connectivity index (χ1) is 10.7. The van der Waals surface area contributed by atoms with Gasteiger partial charge in [0, 0.05) is 12.5 Å². The molecule has 5 nitrogen and oxygen atoms in total. The minimum atomic E-state index is -0.111. The van der Waals surface area contributed by atoms with Gasteiger partial charge in [0.15, 0.2) is 5.82 Å². The van der Waals surface area contributed by atoms with Crippen molar-refractivity contribution in [1.82, 2.24) is 15.5 Å². The van der Waals surface area contributed by atoms with E-state index in [1.807, 2.05) is 19.2 Å². The summed E-state index contributed by atoms with van der Waals surface area (Å²) in [5.41, 5.74) is 1.12. The van der Waals surface area contributed by atoms with Gasteiger partial charge in [-0.1, -0.05) is 23.7 Å². The van der Waals surface area contributed by atoms with E-state index in [2.05, 4.69) is 34.5 Å². The van der Waals surface area contributed by atoms with E-state index in [0.717, 1.165) is 36.7 Å². The first-order valence-corrected chi connectivity index (χ1v) is 7.83. The average Bonchev–Trinajstić information content (AvgIpc) is 2.95. The standard InChI is InChI=1S/C17H23N3O2.ClH/c1-12(18-2)11-15-19-16(22-20-15)17(9-4-10-17)13-5-7-14(21-3)8-6-13;/h5-8,12,18H,4,9-11H2,1-3H3;1H. The fourth-order valence-corrected chi connectivity index (χ4v) is 2.97. The summed E-state index contributed by atoms with van der Waals surface area (Å²) in [6, 6.07) is 8.55. The molecule has 0 amide bonds. The molecule has 1 aromatic heterocycles. The van der Waals surface area contributed by atoms with Crippen LogP contribution in [0.1, 0.15) is 43.5 Å². The minimum Gasteiger partial charge on any atom is -0.497 e. The second-order valence-electron chi connectivity index (χ2n) is 6.07. The highest BCUT2D eigenvalue weighted by Crippen LogP contribution is 2.48. The number of nitrogens with zero attached hydrogens (tertiary/aromatic N) is 2.